The lowest BCUT2D eigenvalue weighted by Crippen LogP contribution is -2.45. The maximum absolute atomic E-state index is 12.0. The lowest BCUT2D eigenvalue weighted by atomic mass is 10.3. The molecule has 0 aliphatic heterocycles. The van der Waals surface area contributed by atoms with E-state index in [1.54, 1.807) is 0 Å². The lowest BCUT2D eigenvalue weighted by molar-refractivity contribution is -0.164. The predicted molar refractivity (Wildman–Crippen MR) is 125 cm³/mol. The van der Waals surface area contributed by atoms with Gasteiger partial charge in [0.2, 0.25) is 5.91 Å². The van der Waals surface area contributed by atoms with Gasteiger partial charge in [0.1, 0.15) is 24.7 Å². The van der Waals surface area contributed by atoms with Gasteiger partial charge in [0, 0.05) is 7.11 Å². The monoisotopic (exact) mass is 546 g/mol. The van der Waals surface area contributed by atoms with Crippen molar-refractivity contribution in [3.05, 3.63) is 0 Å². The minimum Gasteiger partial charge on any atom is -0.452 e. The van der Waals surface area contributed by atoms with Crippen LogP contribution in [-0.4, -0.2) is 92.2 Å². The largest absolute Gasteiger partial charge is 0.452 e. The normalized spacial score (nSPS) is 13.4. The standard InChI is InChI=1S/C22H34N4O12/c1-11(27)7-16(28)36-13(3)20(32)25-10-26-22(34)15(5)38-18(30)8-17(29)37-14(4)21(33)24-9-23-19(31)12(2)35-6/h12-15H,7-10H2,1-6H3,(H,23,31)(H,24,33)(H,25,32)(H,26,34). The Balaban J connectivity index is 4.33. The minimum atomic E-state index is -1.35. The predicted octanol–water partition coefficient (Wildman–Crippen LogP) is -2.43. The zero-order valence-corrected chi connectivity index (χ0v) is 22.0. The summed E-state index contributed by atoms with van der Waals surface area (Å²) >= 11 is 0. The second-order valence-corrected chi connectivity index (χ2v) is 7.85. The van der Waals surface area contributed by atoms with Crippen molar-refractivity contribution in [2.45, 2.75) is 71.9 Å². The number of hydrogen-bond donors (Lipinski definition) is 4. The fraction of sp³-hybridized carbons (Fsp3) is 0.636. The summed E-state index contributed by atoms with van der Waals surface area (Å²) < 4.78 is 19.2. The van der Waals surface area contributed by atoms with E-state index < -0.39 is 91.2 Å². The van der Waals surface area contributed by atoms with E-state index in [0.717, 1.165) is 0 Å². The Labute approximate surface area is 218 Å². The highest BCUT2D eigenvalue weighted by atomic mass is 16.6. The average Bonchev–Trinajstić information content (AvgIpc) is 2.81. The quantitative estimate of drug-likeness (QED) is 0.0686. The second kappa shape index (κ2) is 17.4. The van der Waals surface area contributed by atoms with E-state index in [-0.39, 0.29) is 6.67 Å². The highest BCUT2D eigenvalue weighted by Gasteiger charge is 2.24. The number of rotatable bonds is 16. The topological polar surface area (TPSA) is 222 Å². The van der Waals surface area contributed by atoms with E-state index in [9.17, 15) is 38.4 Å². The van der Waals surface area contributed by atoms with E-state index >= 15 is 0 Å². The third kappa shape index (κ3) is 14.5. The maximum atomic E-state index is 12.0. The molecular formula is C22H34N4O12. The molecule has 0 aromatic rings. The number of methoxy groups -OCH3 is 1. The number of hydrogen-bond acceptors (Lipinski definition) is 12. The van der Waals surface area contributed by atoms with Crippen LogP contribution in [0.1, 0.15) is 47.5 Å². The molecule has 4 amide bonds. The first-order valence-corrected chi connectivity index (χ1v) is 11.4. The van der Waals surface area contributed by atoms with Crippen LogP contribution in [-0.2, 0) is 57.3 Å². The van der Waals surface area contributed by atoms with Gasteiger partial charge in [0.15, 0.2) is 18.3 Å². The Morgan fingerprint density at radius 2 is 0.816 bits per heavy atom. The van der Waals surface area contributed by atoms with Gasteiger partial charge < -0.3 is 40.2 Å². The van der Waals surface area contributed by atoms with Crippen LogP contribution in [0.3, 0.4) is 0 Å². The molecule has 0 saturated heterocycles. The van der Waals surface area contributed by atoms with E-state index in [4.69, 9.17) is 18.9 Å². The third-order valence-corrected chi connectivity index (χ3v) is 4.49. The van der Waals surface area contributed by atoms with Crippen molar-refractivity contribution in [1.29, 1.82) is 0 Å². The van der Waals surface area contributed by atoms with Crippen LogP contribution in [0.5, 0.6) is 0 Å². The minimum absolute atomic E-state index is 0.244. The van der Waals surface area contributed by atoms with E-state index in [0.29, 0.717) is 0 Å². The van der Waals surface area contributed by atoms with Crippen LogP contribution in [0, 0.1) is 0 Å². The lowest BCUT2D eigenvalue weighted by Gasteiger charge is -2.16. The molecule has 0 bridgehead atoms. The number of carbonyl (C=O) groups excluding carboxylic acids is 8. The molecule has 4 atom stereocenters. The summed E-state index contributed by atoms with van der Waals surface area (Å²) in [5.41, 5.74) is 0. The fourth-order valence-electron chi connectivity index (χ4n) is 2.32. The first kappa shape index (κ1) is 33.9. The molecule has 0 radical (unpaired) electrons. The van der Waals surface area contributed by atoms with Crippen LogP contribution in [0.25, 0.3) is 0 Å². The number of nitrogens with one attached hydrogen (secondary N) is 4. The maximum Gasteiger partial charge on any atom is 0.317 e. The third-order valence-electron chi connectivity index (χ3n) is 4.49. The van der Waals surface area contributed by atoms with Gasteiger partial charge in [-0.1, -0.05) is 0 Å². The number of esters is 3. The molecule has 38 heavy (non-hydrogen) atoms. The molecule has 0 spiro atoms. The zero-order chi connectivity index (χ0) is 29.4. The molecule has 4 N–H and O–H groups in total. The molecule has 0 heterocycles. The van der Waals surface area contributed by atoms with Crippen molar-refractivity contribution in [3.8, 4) is 0 Å². The molecule has 0 saturated carbocycles. The van der Waals surface area contributed by atoms with Crippen molar-refractivity contribution in [2.75, 3.05) is 20.4 Å². The Morgan fingerprint density at radius 3 is 1.11 bits per heavy atom. The average molecular weight is 547 g/mol. The SMILES string of the molecule is COC(C)C(=O)NCNC(=O)C(C)OC(=O)CC(=O)OC(C)C(=O)NCNC(=O)C(C)OC(=O)CC(C)=O. The molecule has 4 unspecified atom stereocenters. The molecular weight excluding hydrogens is 512 g/mol. The summed E-state index contributed by atoms with van der Waals surface area (Å²) in [4.78, 5) is 93.4. The zero-order valence-electron chi connectivity index (χ0n) is 22.0. The molecule has 0 aliphatic rings. The van der Waals surface area contributed by atoms with Gasteiger partial charge in [-0.3, -0.25) is 38.4 Å². The van der Waals surface area contributed by atoms with Crippen LogP contribution in [0.15, 0.2) is 0 Å². The van der Waals surface area contributed by atoms with Crippen LogP contribution >= 0.6 is 0 Å². The summed E-state index contributed by atoms with van der Waals surface area (Å²) in [7, 11) is 1.34. The molecule has 0 aliphatic carbocycles. The number of Topliss-reactive ketones (excluding diaryl/α,β-unsaturated/α-hetero) is 1. The number of amides is 4. The second-order valence-electron chi connectivity index (χ2n) is 7.85. The summed E-state index contributed by atoms with van der Waals surface area (Å²) in [5.74, 6) is -6.28. The van der Waals surface area contributed by atoms with Crippen molar-refractivity contribution < 1.29 is 57.3 Å². The van der Waals surface area contributed by atoms with Gasteiger partial charge in [0.25, 0.3) is 17.7 Å². The molecule has 0 aromatic carbocycles. The molecule has 0 aromatic heterocycles. The fourth-order valence-corrected chi connectivity index (χ4v) is 2.32. The molecule has 16 heteroatoms. The van der Waals surface area contributed by atoms with Crippen molar-refractivity contribution in [1.82, 2.24) is 21.3 Å². The number of carbonyl (C=O) groups is 8. The highest BCUT2D eigenvalue weighted by Crippen LogP contribution is 2.01. The number of ketones is 1. The van der Waals surface area contributed by atoms with Gasteiger partial charge in [-0.05, 0) is 34.6 Å². The first-order valence-electron chi connectivity index (χ1n) is 11.4. The summed E-state index contributed by atoms with van der Waals surface area (Å²) in [6.45, 7) is 5.78. The van der Waals surface area contributed by atoms with Crippen LogP contribution < -0.4 is 21.3 Å². The smallest absolute Gasteiger partial charge is 0.317 e. The molecule has 214 valence electrons. The number of ether oxygens (including phenoxy) is 4. The van der Waals surface area contributed by atoms with Crippen LogP contribution in [0.2, 0.25) is 0 Å². The van der Waals surface area contributed by atoms with E-state index in [1.807, 2.05) is 0 Å². The summed E-state index contributed by atoms with van der Waals surface area (Å²) in [5, 5.41) is 9.19. The molecule has 0 rings (SSSR count). The van der Waals surface area contributed by atoms with Crippen molar-refractivity contribution in [3.63, 3.8) is 0 Å². The summed E-state index contributed by atoms with van der Waals surface area (Å²) in [6, 6.07) is 0. The Hall–Kier alpha value is -4.08. The van der Waals surface area contributed by atoms with E-state index in [1.165, 1.54) is 41.7 Å². The van der Waals surface area contributed by atoms with Crippen molar-refractivity contribution >= 4 is 47.3 Å². The van der Waals surface area contributed by atoms with Gasteiger partial charge in [-0.25, -0.2) is 0 Å². The van der Waals surface area contributed by atoms with Gasteiger partial charge in [-0.2, -0.15) is 0 Å². The van der Waals surface area contributed by atoms with Crippen LogP contribution in [0.4, 0.5) is 0 Å². The van der Waals surface area contributed by atoms with Crippen molar-refractivity contribution in [2.24, 2.45) is 0 Å². The first-order chi connectivity index (χ1) is 17.7. The molecule has 16 nitrogen and oxygen atoms in total. The van der Waals surface area contributed by atoms with E-state index in [2.05, 4.69) is 21.3 Å². The van der Waals surface area contributed by atoms with Gasteiger partial charge >= 0.3 is 17.9 Å². The highest BCUT2D eigenvalue weighted by molar-refractivity contribution is 5.95. The Bertz CT molecular complexity index is 907. The molecule has 0 fully saturated rings. The summed E-state index contributed by atoms with van der Waals surface area (Å²) in [6.07, 6.45) is -5.96. The van der Waals surface area contributed by atoms with Gasteiger partial charge in [0.05, 0.1) is 13.3 Å². The Kier molecular flexibility index (Phi) is 15.5. The van der Waals surface area contributed by atoms with Gasteiger partial charge in [-0.15, -0.1) is 0 Å². The Morgan fingerprint density at radius 1 is 0.526 bits per heavy atom.